The fraction of sp³-hybridized carbons (Fsp3) is 1.00. The third kappa shape index (κ3) is 1.69. The Morgan fingerprint density at radius 3 is 2.45 bits per heavy atom. The van der Waals surface area contributed by atoms with Gasteiger partial charge >= 0.3 is 0 Å². The van der Waals surface area contributed by atoms with Crippen LogP contribution in [0.3, 0.4) is 0 Å². The van der Waals surface area contributed by atoms with E-state index in [9.17, 15) is 5.11 Å². The Morgan fingerprint density at radius 2 is 1.91 bits per heavy atom. The number of hydrogen-bond donors (Lipinski definition) is 3. The molecule has 1 heterocycles. The van der Waals surface area contributed by atoms with Gasteiger partial charge in [-0.25, -0.2) is 0 Å². The Balaban J connectivity index is 2.52. The first-order valence-electron chi connectivity index (χ1n) is 3.35. The monoisotopic (exact) mass is 164 g/mol. The van der Waals surface area contributed by atoms with E-state index in [-0.39, 0.29) is 6.61 Å². The van der Waals surface area contributed by atoms with Crippen LogP contribution < -0.4 is 0 Å². The molecule has 1 fully saturated rings. The van der Waals surface area contributed by atoms with Crippen LogP contribution in [0, 0.1) is 0 Å². The molecule has 1 aliphatic rings. The second kappa shape index (κ2) is 3.46. The molecule has 4 atom stereocenters. The Labute approximate surface area is 64.2 Å². The quantitative estimate of drug-likeness (QED) is 0.420. The number of methoxy groups -OCH3 is 1. The molecule has 66 valence electrons. The molecular formula is C6H12O5. The van der Waals surface area contributed by atoms with Crippen molar-refractivity contribution in [1.82, 2.24) is 0 Å². The lowest BCUT2D eigenvalue weighted by Crippen LogP contribution is -2.53. The molecule has 0 aliphatic carbocycles. The zero-order valence-electron chi connectivity index (χ0n) is 6.17. The molecule has 1 saturated heterocycles. The van der Waals surface area contributed by atoms with Crippen molar-refractivity contribution in [1.29, 1.82) is 0 Å². The third-order valence-electron chi connectivity index (χ3n) is 1.76. The van der Waals surface area contributed by atoms with Crippen molar-refractivity contribution < 1.29 is 24.8 Å². The van der Waals surface area contributed by atoms with Gasteiger partial charge < -0.3 is 24.8 Å². The lowest BCUT2D eigenvalue weighted by atomic mass is 10.1. The van der Waals surface area contributed by atoms with Gasteiger partial charge in [-0.15, -0.1) is 0 Å². The third-order valence-corrected chi connectivity index (χ3v) is 1.76. The highest BCUT2D eigenvalue weighted by Crippen LogP contribution is 2.15. The van der Waals surface area contributed by atoms with Gasteiger partial charge in [-0.1, -0.05) is 0 Å². The van der Waals surface area contributed by atoms with Crippen LogP contribution in [0.25, 0.3) is 0 Å². The summed E-state index contributed by atoms with van der Waals surface area (Å²) in [7, 11) is 1.40. The summed E-state index contributed by atoms with van der Waals surface area (Å²) in [4.78, 5) is 0. The minimum absolute atomic E-state index is 0.0931. The van der Waals surface area contributed by atoms with E-state index in [0.717, 1.165) is 0 Å². The molecule has 0 amide bonds. The average Bonchev–Trinajstić information content (AvgIpc) is 2.01. The van der Waals surface area contributed by atoms with Crippen LogP contribution in [0.4, 0.5) is 0 Å². The molecule has 5 nitrogen and oxygen atoms in total. The van der Waals surface area contributed by atoms with Crippen LogP contribution in [0.1, 0.15) is 0 Å². The predicted molar refractivity (Wildman–Crippen MR) is 34.8 cm³/mol. The maximum Gasteiger partial charge on any atom is 0.183 e. The number of aliphatic hydroxyl groups is 3. The van der Waals surface area contributed by atoms with Gasteiger partial charge in [-0.3, -0.25) is 0 Å². The van der Waals surface area contributed by atoms with Crippen molar-refractivity contribution in [2.24, 2.45) is 0 Å². The summed E-state index contributed by atoms with van der Waals surface area (Å²) in [6.45, 7) is 0.0931. The summed E-state index contributed by atoms with van der Waals surface area (Å²) in [5, 5.41) is 27.1. The zero-order valence-corrected chi connectivity index (χ0v) is 6.17. The summed E-state index contributed by atoms with van der Waals surface area (Å²) < 4.78 is 9.46. The number of aliphatic hydroxyl groups excluding tert-OH is 3. The topological polar surface area (TPSA) is 79.2 Å². The van der Waals surface area contributed by atoms with E-state index >= 15 is 0 Å². The van der Waals surface area contributed by atoms with E-state index in [2.05, 4.69) is 4.74 Å². The molecule has 0 unspecified atom stereocenters. The van der Waals surface area contributed by atoms with Crippen LogP contribution in [0.15, 0.2) is 0 Å². The highest BCUT2D eigenvalue weighted by molar-refractivity contribution is 4.82. The summed E-state index contributed by atoms with van der Waals surface area (Å²) in [6.07, 6.45) is -4.23. The van der Waals surface area contributed by atoms with Crippen molar-refractivity contribution in [3.8, 4) is 0 Å². The first-order valence-corrected chi connectivity index (χ1v) is 3.35. The molecule has 0 bridgehead atoms. The Morgan fingerprint density at radius 1 is 1.27 bits per heavy atom. The van der Waals surface area contributed by atoms with Crippen molar-refractivity contribution >= 4 is 0 Å². The SMILES string of the molecule is CO[C@@H]1CO[C@H](O)[C@H](O)[C@H]1O. The first kappa shape index (κ1) is 8.89. The summed E-state index contributed by atoms with van der Waals surface area (Å²) >= 11 is 0. The van der Waals surface area contributed by atoms with Gasteiger partial charge in [0.1, 0.15) is 18.3 Å². The fourth-order valence-electron chi connectivity index (χ4n) is 0.987. The molecule has 0 saturated carbocycles. The summed E-state index contributed by atoms with van der Waals surface area (Å²) in [5.74, 6) is 0. The lowest BCUT2D eigenvalue weighted by molar-refractivity contribution is -0.256. The van der Waals surface area contributed by atoms with Crippen molar-refractivity contribution in [2.75, 3.05) is 13.7 Å². The van der Waals surface area contributed by atoms with E-state index in [1.807, 2.05) is 0 Å². The number of ether oxygens (including phenoxy) is 2. The maximum atomic E-state index is 9.19. The van der Waals surface area contributed by atoms with Crippen LogP contribution in [-0.4, -0.2) is 53.6 Å². The van der Waals surface area contributed by atoms with Crippen molar-refractivity contribution in [2.45, 2.75) is 24.6 Å². The van der Waals surface area contributed by atoms with E-state index < -0.39 is 24.6 Å². The molecule has 11 heavy (non-hydrogen) atoms. The molecule has 5 heteroatoms. The standard InChI is InChI=1S/C6H12O5/c1-10-3-2-11-6(9)5(8)4(3)7/h3-9H,2H2,1H3/t3-,4+,5-,6+/m1/s1. The average molecular weight is 164 g/mol. The van der Waals surface area contributed by atoms with Gasteiger partial charge in [0.25, 0.3) is 0 Å². The zero-order chi connectivity index (χ0) is 8.43. The highest BCUT2D eigenvalue weighted by atomic mass is 16.6. The van der Waals surface area contributed by atoms with E-state index in [0.29, 0.717) is 0 Å². The molecule has 0 spiro atoms. The molecule has 1 aliphatic heterocycles. The molecule has 0 aromatic carbocycles. The van der Waals surface area contributed by atoms with E-state index in [4.69, 9.17) is 14.9 Å². The normalized spacial score (nSPS) is 45.8. The lowest BCUT2D eigenvalue weighted by Gasteiger charge is -2.33. The van der Waals surface area contributed by atoms with E-state index in [1.54, 1.807) is 0 Å². The Hall–Kier alpha value is -0.200. The van der Waals surface area contributed by atoms with Crippen LogP contribution in [-0.2, 0) is 9.47 Å². The first-order chi connectivity index (χ1) is 5.16. The predicted octanol–water partition coefficient (Wildman–Crippen LogP) is -1.93. The van der Waals surface area contributed by atoms with Crippen LogP contribution >= 0.6 is 0 Å². The van der Waals surface area contributed by atoms with Gasteiger partial charge in [-0.2, -0.15) is 0 Å². The maximum absolute atomic E-state index is 9.19. The fourth-order valence-corrected chi connectivity index (χ4v) is 0.987. The van der Waals surface area contributed by atoms with Crippen molar-refractivity contribution in [3.63, 3.8) is 0 Å². The van der Waals surface area contributed by atoms with Gasteiger partial charge in [0.2, 0.25) is 0 Å². The van der Waals surface area contributed by atoms with Crippen LogP contribution in [0.5, 0.6) is 0 Å². The van der Waals surface area contributed by atoms with Gasteiger partial charge in [0.15, 0.2) is 6.29 Å². The second-order valence-electron chi connectivity index (χ2n) is 2.48. The molecular weight excluding hydrogens is 152 g/mol. The van der Waals surface area contributed by atoms with E-state index in [1.165, 1.54) is 7.11 Å². The van der Waals surface area contributed by atoms with Gasteiger partial charge in [0.05, 0.1) is 6.61 Å². The smallest absolute Gasteiger partial charge is 0.183 e. The number of rotatable bonds is 1. The second-order valence-corrected chi connectivity index (χ2v) is 2.48. The summed E-state index contributed by atoms with van der Waals surface area (Å²) in [6, 6.07) is 0. The Bertz CT molecular complexity index is 126. The Kier molecular flexibility index (Phi) is 2.80. The molecule has 1 rings (SSSR count). The summed E-state index contributed by atoms with van der Waals surface area (Å²) in [5.41, 5.74) is 0. The minimum atomic E-state index is -1.31. The molecule has 0 aromatic heterocycles. The highest BCUT2D eigenvalue weighted by Gasteiger charge is 2.37. The molecule has 0 aromatic rings. The van der Waals surface area contributed by atoms with Gasteiger partial charge in [0, 0.05) is 7.11 Å². The van der Waals surface area contributed by atoms with Crippen molar-refractivity contribution in [3.05, 3.63) is 0 Å². The minimum Gasteiger partial charge on any atom is -0.387 e. The van der Waals surface area contributed by atoms with Gasteiger partial charge in [-0.05, 0) is 0 Å². The molecule has 3 N–H and O–H groups in total. The largest absolute Gasteiger partial charge is 0.387 e. The van der Waals surface area contributed by atoms with Crippen LogP contribution in [0.2, 0.25) is 0 Å². The molecule has 0 radical (unpaired) electrons. The number of hydrogen-bond acceptors (Lipinski definition) is 5.